The minimum atomic E-state index is -3.52. The van der Waals surface area contributed by atoms with Gasteiger partial charge >= 0.3 is 0 Å². The van der Waals surface area contributed by atoms with E-state index in [1.807, 2.05) is 13.8 Å². The third kappa shape index (κ3) is 3.25. The molecule has 0 spiro atoms. The molecule has 1 unspecified atom stereocenters. The molecule has 1 amide bonds. The molecule has 0 radical (unpaired) electrons. The molecule has 1 aromatic rings. The van der Waals surface area contributed by atoms with Crippen LogP contribution >= 0.6 is 0 Å². The van der Waals surface area contributed by atoms with Gasteiger partial charge in [0.15, 0.2) is 0 Å². The maximum atomic E-state index is 12.4. The van der Waals surface area contributed by atoms with E-state index in [2.05, 4.69) is 15.4 Å². The van der Waals surface area contributed by atoms with Gasteiger partial charge in [-0.1, -0.05) is 6.07 Å². The minimum Gasteiger partial charge on any atom is -0.325 e. The van der Waals surface area contributed by atoms with E-state index in [-0.39, 0.29) is 10.8 Å². The van der Waals surface area contributed by atoms with Crippen molar-refractivity contribution in [3.05, 3.63) is 23.8 Å². The predicted molar refractivity (Wildman–Crippen MR) is 81.6 cm³/mol. The number of benzene rings is 1. The van der Waals surface area contributed by atoms with Crippen molar-refractivity contribution in [3.8, 4) is 0 Å². The molecule has 7 heteroatoms. The van der Waals surface area contributed by atoms with Crippen LogP contribution in [0.1, 0.15) is 18.9 Å². The van der Waals surface area contributed by atoms with Crippen molar-refractivity contribution in [1.29, 1.82) is 0 Å². The Morgan fingerprint density at radius 1 is 1.38 bits per heavy atom. The van der Waals surface area contributed by atoms with Gasteiger partial charge in [-0.25, -0.2) is 13.1 Å². The molecule has 1 saturated heterocycles. The molecule has 0 aliphatic carbocycles. The largest absolute Gasteiger partial charge is 0.325 e. The summed E-state index contributed by atoms with van der Waals surface area (Å²) in [7, 11) is -2.16. The molecule has 1 aliphatic heterocycles. The van der Waals surface area contributed by atoms with Gasteiger partial charge in [-0.2, -0.15) is 0 Å². The monoisotopic (exact) mass is 311 g/mol. The van der Waals surface area contributed by atoms with Crippen LogP contribution < -0.4 is 15.4 Å². The molecule has 3 N–H and O–H groups in total. The van der Waals surface area contributed by atoms with Crippen molar-refractivity contribution in [3.63, 3.8) is 0 Å². The standard InChI is InChI=1S/C14H21N3O3S/c1-10-4-5-11(21(19,20)15-3)8-12(10)17-13(18)14(2)6-7-16-9-14/h4-5,8,15-16H,6-7,9H2,1-3H3,(H,17,18). The first-order valence-electron chi connectivity index (χ1n) is 6.85. The number of hydrogen-bond donors (Lipinski definition) is 3. The van der Waals surface area contributed by atoms with Gasteiger partial charge in [0.1, 0.15) is 0 Å². The first-order valence-corrected chi connectivity index (χ1v) is 8.33. The number of carbonyl (C=O) groups is 1. The van der Waals surface area contributed by atoms with Crippen LogP contribution in [-0.2, 0) is 14.8 Å². The van der Waals surface area contributed by atoms with E-state index in [9.17, 15) is 13.2 Å². The molecule has 0 aromatic heterocycles. The fourth-order valence-corrected chi connectivity index (χ4v) is 3.06. The molecule has 0 bridgehead atoms. The molecule has 1 atom stereocenters. The molecule has 1 heterocycles. The number of amides is 1. The first-order chi connectivity index (χ1) is 9.78. The van der Waals surface area contributed by atoms with Crippen LogP contribution in [0.2, 0.25) is 0 Å². The van der Waals surface area contributed by atoms with Crippen molar-refractivity contribution < 1.29 is 13.2 Å². The van der Waals surface area contributed by atoms with Crippen LogP contribution in [0.5, 0.6) is 0 Å². The topological polar surface area (TPSA) is 87.3 Å². The number of nitrogens with one attached hydrogen (secondary N) is 3. The number of rotatable bonds is 4. The van der Waals surface area contributed by atoms with Crippen LogP contribution in [0.25, 0.3) is 0 Å². The van der Waals surface area contributed by atoms with Gasteiger partial charge in [-0.05, 0) is 51.6 Å². The maximum absolute atomic E-state index is 12.4. The summed E-state index contributed by atoms with van der Waals surface area (Å²) in [4.78, 5) is 12.5. The Balaban J connectivity index is 2.28. The van der Waals surface area contributed by atoms with E-state index in [0.717, 1.165) is 18.5 Å². The Morgan fingerprint density at radius 3 is 2.67 bits per heavy atom. The summed E-state index contributed by atoms with van der Waals surface area (Å²) in [6, 6.07) is 4.70. The Labute approximate surface area is 125 Å². The average Bonchev–Trinajstić information content (AvgIpc) is 2.89. The third-order valence-electron chi connectivity index (χ3n) is 3.95. The van der Waals surface area contributed by atoms with Gasteiger partial charge in [0, 0.05) is 12.2 Å². The smallest absolute Gasteiger partial charge is 0.240 e. The zero-order valence-corrected chi connectivity index (χ0v) is 13.3. The highest BCUT2D eigenvalue weighted by Crippen LogP contribution is 2.28. The lowest BCUT2D eigenvalue weighted by molar-refractivity contribution is -0.123. The zero-order valence-electron chi connectivity index (χ0n) is 12.5. The lowest BCUT2D eigenvalue weighted by Crippen LogP contribution is -2.35. The highest BCUT2D eigenvalue weighted by Gasteiger charge is 2.36. The van der Waals surface area contributed by atoms with Gasteiger partial charge < -0.3 is 10.6 Å². The second-order valence-corrected chi connectivity index (χ2v) is 7.51. The van der Waals surface area contributed by atoms with Gasteiger partial charge in [-0.15, -0.1) is 0 Å². The summed E-state index contributed by atoms with van der Waals surface area (Å²) < 4.78 is 25.9. The normalized spacial score (nSPS) is 22.2. The van der Waals surface area contributed by atoms with Crippen LogP contribution in [0.4, 0.5) is 5.69 Å². The van der Waals surface area contributed by atoms with Gasteiger partial charge in [-0.3, -0.25) is 4.79 Å². The molecule has 1 fully saturated rings. The number of hydrogen-bond acceptors (Lipinski definition) is 4. The summed E-state index contributed by atoms with van der Waals surface area (Å²) in [6.45, 7) is 5.19. The molecule has 2 rings (SSSR count). The highest BCUT2D eigenvalue weighted by molar-refractivity contribution is 7.89. The fraction of sp³-hybridized carbons (Fsp3) is 0.500. The lowest BCUT2D eigenvalue weighted by atomic mass is 9.88. The average molecular weight is 311 g/mol. The molecular formula is C14H21N3O3S. The van der Waals surface area contributed by atoms with Gasteiger partial charge in [0.25, 0.3) is 0 Å². The summed E-state index contributed by atoms with van der Waals surface area (Å²) in [5, 5.41) is 6.03. The minimum absolute atomic E-state index is 0.0883. The number of sulfonamides is 1. The molecule has 21 heavy (non-hydrogen) atoms. The zero-order chi connectivity index (χ0) is 15.7. The number of carbonyl (C=O) groups excluding carboxylic acids is 1. The maximum Gasteiger partial charge on any atom is 0.240 e. The predicted octanol–water partition coefficient (Wildman–Crippen LogP) is 0.841. The highest BCUT2D eigenvalue weighted by atomic mass is 32.2. The SMILES string of the molecule is CNS(=O)(=O)c1ccc(C)c(NC(=O)C2(C)CCNC2)c1. The summed E-state index contributed by atoms with van der Waals surface area (Å²) in [5.74, 6) is -0.0883. The lowest BCUT2D eigenvalue weighted by Gasteiger charge is -2.22. The molecule has 116 valence electrons. The van der Waals surface area contributed by atoms with Crippen LogP contribution in [0.3, 0.4) is 0 Å². The van der Waals surface area contributed by atoms with Crippen LogP contribution in [0.15, 0.2) is 23.1 Å². The van der Waals surface area contributed by atoms with Crippen LogP contribution in [-0.4, -0.2) is 34.5 Å². The quantitative estimate of drug-likeness (QED) is 0.769. The van der Waals surface area contributed by atoms with E-state index in [0.29, 0.717) is 12.2 Å². The van der Waals surface area contributed by atoms with Crippen molar-refractivity contribution in [2.45, 2.75) is 25.2 Å². The fourth-order valence-electron chi connectivity index (χ4n) is 2.30. The molecule has 1 aliphatic rings. The van der Waals surface area contributed by atoms with Gasteiger partial charge in [0.2, 0.25) is 15.9 Å². The first kappa shape index (κ1) is 15.9. The van der Waals surface area contributed by atoms with E-state index in [1.54, 1.807) is 6.07 Å². The molecular weight excluding hydrogens is 290 g/mol. The number of anilines is 1. The molecule has 0 saturated carbocycles. The Morgan fingerprint density at radius 2 is 2.10 bits per heavy atom. The van der Waals surface area contributed by atoms with Crippen molar-refractivity contribution in [2.75, 3.05) is 25.5 Å². The van der Waals surface area contributed by atoms with E-state index in [4.69, 9.17) is 0 Å². The summed E-state index contributed by atoms with van der Waals surface area (Å²) in [5.41, 5.74) is 0.905. The number of aryl methyl sites for hydroxylation is 1. The second-order valence-electron chi connectivity index (χ2n) is 5.63. The van der Waals surface area contributed by atoms with E-state index in [1.165, 1.54) is 19.2 Å². The van der Waals surface area contributed by atoms with Crippen molar-refractivity contribution in [1.82, 2.24) is 10.0 Å². The Bertz CT molecular complexity index is 649. The van der Waals surface area contributed by atoms with Gasteiger partial charge in [0.05, 0.1) is 10.3 Å². The Hall–Kier alpha value is -1.44. The van der Waals surface area contributed by atoms with Crippen molar-refractivity contribution >= 4 is 21.6 Å². The molecule has 1 aromatic carbocycles. The Kier molecular flexibility index (Phi) is 4.36. The van der Waals surface area contributed by atoms with Crippen LogP contribution in [0, 0.1) is 12.3 Å². The molecule has 6 nitrogen and oxygen atoms in total. The summed E-state index contributed by atoms with van der Waals surface area (Å²) in [6.07, 6.45) is 0.770. The van der Waals surface area contributed by atoms with E-state index >= 15 is 0 Å². The summed E-state index contributed by atoms with van der Waals surface area (Å²) >= 11 is 0. The van der Waals surface area contributed by atoms with E-state index < -0.39 is 15.4 Å². The third-order valence-corrected chi connectivity index (χ3v) is 5.37. The second kappa shape index (κ2) is 5.75. The van der Waals surface area contributed by atoms with Crippen molar-refractivity contribution in [2.24, 2.45) is 5.41 Å².